The molecule has 1 amide bonds. The van der Waals surface area contributed by atoms with E-state index in [2.05, 4.69) is 36.4 Å². The zero-order chi connectivity index (χ0) is 26.4. The van der Waals surface area contributed by atoms with Crippen molar-refractivity contribution in [3.63, 3.8) is 0 Å². The Kier molecular flexibility index (Phi) is 8.70. The summed E-state index contributed by atoms with van der Waals surface area (Å²) < 4.78 is 17.3. The highest BCUT2D eigenvalue weighted by Gasteiger charge is 2.28. The number of methoxy groups -OCH3 is 3. The number of piperidine rings is 1. The lowest BCUT2D eigenvalue weighted by Crippen LogP contribution is -2.44. The number of amides is 1. The van der Waals surface area contributed by atoms with Gasteiger partial charge in [0.1, 0.15) is 5.82 Å². The molecule has 2 atom stereocenters. The van der Waals surface area contributed by atoms with Crippen LogP contribution in [0.25, 0.3) is 0 Å². The van der Waals surface area contributed by atoms with Gasteiger partial charge in [-0.2, -0.15) is 4.98 Å². The lowest BCUT2D eigenvalue weighted by atomic mass is 9.96. The average molecular weight is 570 g/mol. The molecule has 2 N–H and O–H groups in total. The van der Waals surface area contributed by atoms with Crippen LogP contribution in [0.3, 0.4) is 0 Å². The van der Waals surface area contributed by atoms with Gasteiger partial charge >= 0.3 is 0 Å². The molecule has 1 aliphatic rings. The molecule has 1 fully saturated rings. The summed E-state index contributed by atoms with van der Waals surface area (Å²) in [5.74, 6) is 2.71. The Balaban J connectivity index is 1.44. The van der Waals surface area contributed by atoms with E-state index in [4.69, 9.17) is 19.2 Å². The minimum Gasteiger partial charge on any atom is -0.493 e. The third kappa shape index (κ3) is 6.43. The highest BCUT2D eigenvalue weighted by Crippen LogP contribution is 2.40. The van der Waals surface area contributed by atoms with Crippen LogP contribution in [0.2, 0.25) is 0 Å². The molecule has 37 heavy (non-hydrogen) atoms. The Hall–Kier alpha value is -3.53. The number of nitrogens with zero attached hydrogens (tertiary/aromatic N) is 3. The number of carbonyl (C=O) groups is 1. The first-order valence-corrected chi connectivity index (χ1v) is 12.9. The number of rotatable bonds is 9. The zero-order valence-corrected chi connectivity index (χ0v) is 23.0. The van der Waals surface area contributed by atoms with Crippen LogP contribution >= 0.6 is 15.9 Å². The van der Waals surface area contributed by atoms with Gasteiger partial charge < -0.3 is 29.7 Å². The standard InChI is InChI=1S/C27H32BrN5O4/c1-17(18-7-9-20(28)10-8-18)30-26(34)19-6-5-13-33(16-19)24-11-12-29-27(32-24)31-21-14-22(35-2)25(37-4)23(15-21)36-3/h7-12,14-15,17,19H,5-6,13,16H2,1-4H3,(H,30,34)(H,29,31,32)/t17?,19-/m0/s1. The molecule has 1 aliphatic heterocycles. The second-order valence-corrected chi connectivity index (χ2v) is 9.76. The van der Waals surface area contributed by atoms with Gasteiger partial charge in [0.15, 0.2) is 11.5 Å². The molecule has 0 aliphatic carbocycles. The van der Waals surface area contributed by atoms with E-state index in [0.717, 1.165) is 35.2 Å². The van der Waals surface area contributed by atoms with Crippen LogP contribution in [0, 0.1) is 5.92 Å². The minimum absolute atomic E-state index is 0.0601. The smallest absolute Gasteiger partial charge is 0.229 e. The van der Waals surface area contributed by atoms with Gasteiger partial charge in [-0.3, -0.25) is 4.79 Å². The van der Waals surface area contributed by atoms with Crippen LogP contribution in [0.1, 0.15) is 31.4 Å². The number of halogens is 1. The predicted molar refractivity (Wildman–Crippen MR) is 147 cm³/mol. The molecule has 0 spiro atoms. The molecule has 0 saturated carbocycles. The topological polar surface area (TPSA) is 97.8 Å². The lowest BCUT2D eigenvalue weighted by molar-refractivity contribution is -0.125. The molecular formula is C27H32BrN5O4. The van der Waals surface area contributed by atoms with E-state index in [0.29, 0.717) is 35.4 Å². The van der Waals surface area contributed by atoms with Gasteiger partial charge in [-0.15, -0.1) is 0 Å². The van der Waals surface area contributed by atoms with Crippen molar-refractivity contribution in [2.24, 2.45) is 5.92 Å². The number of benzene rings is 2. The van der Waals surface area contributed by atoms with Crippen LogP contribution in [-0.4, -0.2) is 50.3 Å². The first-order chi connectivity index (χ1) is 17.9. The van der Waals surface area contributed by atoms with Gasteiger partial charge in [-0.05, 0) is 43.5 Å². The van der Waals surface area contributed by atoms with E-state index in [-0.39, 0.29) is 17.9 Å². The fourth-order valence-electron chi connectivity index (χ4n) is 4.43. The summed E-state index contributed by atoms with van der Waals surface area (Å²) in [7, 11) is 4.70. The fraction of sp³-hybridized carbons (Fsp3) is 0.370. The van der Waals surface area contributed by atoms with Crippen molar-refractivity contribution in [3.05, 3.63) is 58.7 Å². The molecule has 9 nitrogen and oxygen atoms in total. The van der Waals surface area contributed by atoms with Crippen LogP contribution in [0.5, 0.6) is 17.2 Å². The van der Waals surface area contributed by atoms with Gasteiger partial charge in [0, 0.05) is 41.6 Å². The first-order valence-electron chi connectivity index (χ1n) is 12.1. The largest absolute Gasteiger partial charge is 0.493 e. The lowest BCUT2D eigenvalue weighted by Gasteiger charge is -2.33. The average Bonchev–Trinajstić information content (AvgIpc) is 2.93. The van der Waals surface area contributed by atoms with Gasteiger partial charge in [0.25, 0.3) is 0 Å². The zero-order valence-electron chi connectivity index (χ0n) is 21.5. The maximum Gasteiger partial charge on any atom is 0.229 e. The molecule has 0 radical (unpaired) electrons. The van der Waals surface area contributed by atoms with Crippen molar-refractivity contribution >= 4 is 39.3 Å². The number of anilines is 3. The van der Waals surface area contributed by atoms with Crippen molar-refractivity contribution in [2.75, 3.05) is 44.6 Å². The number of nitrogens with one attached hydrogen (secondary N) is 2. The van der Waals surface area contributed by atoms with E-state index in [1.165, 1.54) is 0 Å². The Morgan fingerprint density at radius 3 is 2.43 bits per heavy atom. The molecule has 4 rings (SSSR count). The minimum atomic E-state index is -0.117. The second-order valence-electron chi connectivity index (χ2n) is 8.84. The molecule has 2 heterocycles. The molecule has 3 aromatic rings. The number of carbonyl (C=O) groups excluding carboxylic acids is 1. The number of hydrogen-bond acceptors (Lipinski definition) is 8. The molecule has 2 aromatic carbocycles. The van der Waals surface area contributed by atoms with Crippen molar-refractivity contribution in [3.8, 4) is 17.2 Å². The van der Waals surface area contributed by atoms with Gasteiger partial charge in [-0.25, -0.2) is 4.98 Å². The van der Waals surface area contributed by atoms with Crippen molar-refractivity contribution in [1.82, 2.24) is 15.3 Å². The van der Waals surface area contributed by atoms with E-state index >= 15 is 0 Å². The summed E-state index contributed by atoms with van der Waals surface area (Å²) in [5, 5.41) is 6.39. The molecule has 196 valence electrons. The first kappa shape index (κ1) is 26.5. The summed E-state index contributed by atoms with van der Waals surface area (Å²) in [4.78, 5) is 24.3. The van der Waals surface area contributed by atoms with Gasteiger partial charge in [0.2, 0.25) is 17.6 Å². The van der Waals surface area contributed by atoms with Crippen molar-refractivity contribution < 1.29 is 19.0 Å². The highest BCUT2D eigenvalue weighted by atomic mass is 79.9. The maximum atomic E-state index is 13.1. The maximum absolute atomic E-state index is 13.1. The van der Waals surface area contributed by atoms with Gasteiger partial charge in [-0.1, -0.05) is 28.1 Å². The Morgan fingerprint density at radius 1 is 1.08 bits per heavy atom. The number of ether oxygens (including phenoxy) is 3. The van der Waals surface area contributed by atoms with E-state index < -0.39 is 0 Å². The summed E-state index contributed by atoms with van der Waals surface area (Å²) in [5.41, 5.74) is 1.77. The van der Waals surface area contributed by atoms with E-state index in [9.17, 15) is 4.79 Å². The summed E-state index contributed by atoms with van der Waals surface area (Å²) in [6, 6.07) is 13.4. The Bertz CT molecular complexity index is 1200. The van der Waals surface area contributed by atoms with Crippen LogP contribution in [0.15, 0.2) is 53.1 Å². The normalized spacial score (nSPS) is 16.0. The van der Waals surface area contributed by atoms with Crippen LogP contribution in [-0.2, 0) is 4.79 Å². The van der Waals surface area contributed by atoms with Crippen molar-refractivity contribution in [1.29, 1.82) is 0 Å². The fourth-order valence-corrected chi connectivity index (χ4v) is 4.70. The summed E-state index contributed by atoms with van der Waals surface area (Å²) >= 11 is 3.45. The Morgan fingerprint density at radius 2 is 1.78 bits per heavy atom. The third-order valence-corrected chi connectivity index (χ3v) is 6.94. The highest BCUT2D eigenvalue weighted by molar-refractivity contribution is 9.10. The molecule has 1 saturated heterocycles. The van der Waals surface area contributed by atoms with E-state index in [1.54, 1.807) is 39.7 Å². The van der Waals surface area contributed by atoms with Crippen LogP contribution < -0.4 is 29.7 Å². The summed E-state index contributed by atoms with van der Waals surface area (Å²) in [6.45, 7) is 3.43. The molecule has 1 unspecified atom stereocenters. The van der Waals surface area contributed by atoms with Crippen molar-refractivity contribution in [2.45, 2.75) is 25.8 Å². The van der Waals surface area contributed by atoms with Crippen LogP contribution in [0.4, 0.5) is 17.5 Å². The second kappa shape index (κ2) is 12.1. The third-order valence-electron chi connectivity index (χ3n) is 6.41. The molecule has 1 aromatic heterocycles. The Labute approximate surface area is 225 Å². The monoisotopic (exact) mass is 569 g/mol. The number of aromatic nitrogens is 2. The summed E-state index contributed by atoms with van der Waals surface area (Å²) in [6.07, 6.45) is 3.46. The molecule has 10 heteroatoms. The SMILES string of the molecule is COc1cc(Nc2nccc(N3CCC[C@H](C(=O)NC(C)c4ccc(Br)cc4)C3)n2)cc(OC)c1OC. The molecule has 0 bridgehead atoms. The number of hydrogen-bond donors (Lipinski definition) is 2. The molecular weight excluding hydrogens is 538 g/mol. The van der Waals surface area contributed by atoms with Gasteiger partial charge in [0.05, 0.1) is 33.3 Å². The predicted octanol–water partition coefficient (Wildman–Crippen LogP) is 5.10. The van der Waals surface area contributed by atoms with E-state index in [1.807, 2.05) is 37.3 Å². The quantitative estimate of drug-likeness (QED) is 0.367.